The van der Waals surface area contributed by atoms with Gasteiger partial charge < -0.3 is 4.74 Å². The average Bonchev–Trinajstić information content (AvgIpc) is 2.89. The summed E-state index contributed by atoms with van der Waals surface area (Å²) in [5, 5.41) is 1.06. The summed E-state index contributed by atoms with van der Waals surface area (Å²) in [4.78, 5) is 5.99. The summed E-state index contributed by atoms with van der Waals surface area (Å²) in [6, 6.07) is 16.5. The van der Waals surface area contributed by atoms with Crippen LogP contribution in [0.15, 0.2) is 48.5 Å². The summed E-state index contributed by atoms with van der Waals surface area (Å²) in [6.07, 6.45) is 0. The molecule has 3 rings (SSSR count). The van der Waals surface area contributed by atoms with Crippen LogP contribution in [0, 0.1) is 13.8 Å². The largest absolute Gasteiger partial charge is 0.497 e. The highest BCUT2D eigenvalue weighted by Crippen LogP contribution is 2.36. The summed E-state index contributed by atoms with van der Waals surface area (Å²) in [5.74, 6) is 0.882. The Hall–Kier alpha value is -2.13. The highest BCUT2D eigenvalue weighted by atomic mass is 32.1. The first-order valence-electron chi connectivity index (χ1n) is 6.87. The molecular formula is C18H17NOS. The SMILES string of the molecule is COc1ccc(-c2nc(C)c(-c3ccccc3)s2)c(C)c1. The van der Waals surface area contributed by atoms with E-state index in [4.69, 9.17) is 9.72 Å². The number of hydrogen-bond donors (Lipinski definition) is 0. The maximum absolute atomic E-state index is 5.27. The molecule has 0 saturated carbocycles. The Morgan fingerprint density at radius 1 is 1.00 bits per heavy atom. The van der Waals surface area contributed by atoms with Crippen molar-refractivity contribution in [1.82, 2.24) is 4.98 Å². The van der Waals surface area contributed by atoms with Gasteiger partial charge in [0.25, 0.3) is 0 Å². The summed E-state index contributed by atoms with van der Waals surface area (Å²) >= 11 is 1.74. The number of benzene rings is 2. The van der Waals surface area contributed by atoms with E-state index in [1.807, 2.05) is 18.2 Å². The molecule has 3 aromatic rings. The van der Waals surface area contributed by atoms with Gasteiger partial charge in [0.1, 0.15) is 10.8 Å². The van der Waals surface area contributed by atoms with E-state index >= 15 is 0 Å². The van der Waals surface area contributed by atoms with E-state index in [0.717, 1.165) is 16.5 Å². The van der Waals surface area contributed by atoms with Crippen molar-refractivity contribution in [1.29, 1.82) is 0 Å². The van der Waals surface area contributed by atoms with Crippen molar-refractivity contribution in [2.24, 2.45) is 0 Å². The lowest BCUT2D eigenvalue weighted by atomic mass is 10.1. The lowest BCUT2D eigenvalue weighted by Crippen LogP contribution is -1.87. The third kappa shape index (κ3) is 2.69. The number of aryl methyl sites for hydroxylation is 2. The third-order valence-corrected chi connectivity index (χ3v) is 4.74. The van der Waals surface area contributed by atoms with Crippen LogP contribution in [0.1, 0.15) is 11.3 Å². The van der Waals surface area contributed by atoms with Gasteiger partial charge in [-0.15, -0.1) is 11.3 Å². The summed E-state index contributed by atoms with van der Waals surface area (Å²) in [7, 11) is 1.69. The second-order valence-electron chi connectivity index (χ2n) is 4.98. The molecule has 2 aromatic carbocycles. The van der Waals surface area contributed by atoms with Gasteiger partial charge in [-0.25, -0.2) is 4.98 Å². The molecule has 0 atom stereocenters. The fourth-order valence-corrected chi connectivity index (χ4v) is 3.53. The second kappa shape index (κ2) is 5.70. The van der Waals surface area contributed by atoms with Gasteiger partial charge in [0.2, 0.25) is 0 Å². The van der Waals surface area contributed by atoms with Crippen molar-refractivity contribution >= 4 is 11.3 Å². The Bertz CT molecular complexity index is 762. The van der Waals surface area contributed by atoms with Crippen LogP contribution in [0.2, 0.25) is 0 Å². The Labute approximate surface area is 129 Å². The average molecular weight is 295 g/mol. The number of nitrogens with zero attached hydrogens (tertiary/aromatic N) is 1. The molecule has 21 heavy (non-hydrogen) atoms. The van der Waals surface area contributed by atoms with Crippen molar-refractivity contribution in [2.45, 2.75) is 13.8 Å². The predicted octanol–water partition coefficient (Wildman–Crippen LogP) is 5.10. The zero-order chi connectivity index (χ0) is 14.8. The summed E-state index contributed by atoms with van der Waals surface area (Å²) < 4.78 is 5.27. The van der Waals surface area contributed by atoms with E-state index < -0.39 is 0 Å². The standard InChI is InChI=1S/C18H17NOS/c1-12-11-15(20-3)9-10-16(12)18-19-13(2)17(21-18)14-7-5-4-6-8-14/h4-11H,1-3H3. The molecule has 0 unspecified atom stereocenters. The fourth-order valence-electron chi connectivity index (χ4n) is 2.37. The van der Waals surface area contributed by atoms with Crippen LogP contribution in [0.3, 0.4) is 0 Å². The van der Waals surface area contributed by atoms with Crippen molar-refractivity contribution in [2.75, 3.05) is 7.11 Å². The molecule has 0 spiro atoms. The summed E-state index contributed by atoms with van der Waals surface area (Å²) in [5.41, 5.74) is 4.66. The molecule has 3 heteroatoms. The van der Waals surface area contributed by atoms with Gasteiger partial charge >= 0.3 is 0 Å². The monoisotopic (exact) mass is 295 g/mol. The number of hydrogen-bond acceptors (Lipinski definition) is 3. The maximum Gasteiger partial charge on any atom is 0.124 e. The minimum absolute atomic E-state index is 0.882. The van der Waals surface area contributed by atoms with Gasteiger partial charge in [-0.1, -0.05) is 30.3 Å². The Balaban J connectivity index is 2.05. The normalized spacial score (nSPS) is 10.6. The van der Waals surface area contributed by atoms with Crippen molar-refractivity contribution in [3.05, 3.63) is 59.8 Å². The van der Waals surface area contributed by atoms with Crippen LogP contribution in [-0.2, 0) is 0 Å². The van der Waals surface area contributed by atoms with Gasteiger partial charge in [0, 0.05) is 5.56 Å². The molecule has 0 radical (unpaired) electrons. The molecule has 0 aliphatic heterocycles. The van der Waals surface area contributed by atoms with Crippen LogP contribution in [0.25, 0.3) is 21.0 Å². The van der Waals surface area contributed by atoms with Crippen molar-refractivity contribution in [3.8, 4) is 26.8 Å². The minimum Gasteiger partial charge on any atom is -0.497 e. The Kier molecular flexibility index (Phi) is 3.76. The first-order chi connectivity index (χ1) is 10.2. The van der Waals surface area contributed by atoms with E-state index in [1.54, 1.807) is 18.4 Å². The molecule has 2 nitrogen and oxygen atoms in total. The molecule has 1 heterocycles. The first kappa shape index (κ1) is 13.8. The van der Waals surface area contributed by atoms with Crippen molar-refractivity contribution < 1.29 is 4.74 Å². The van der Waals surface area contributed by atoms with Gasteiger partial charge in [-0.2, -0.15) is 0 Å². The maximum atomic E-state index is 5.27. The first-order valence-corrected chi connectivity index (χ1v) is 7.68. The highest BCUT2D eigenvalue weighted by molar-refractivity contribution is 7.18. The summed E-state index contributed by atoms with van der Waals surface area (Å²) in [6.45, 7) is 4.16. The number of ether oxygens (including phenoxy) is 1. The number of thiazole rings is 1. The zero-order valence-electron chi connectivity index (χ0n) is 12.4. The van der Waals surface area contributed by atoms with Crippen LogP contribution < -0.4 is 4.74 Å². The fraction of sp³-hybridized carbons (Fsp3) is 0.167. The van der Waals surface area contributed by atoms with E-state index in [1.165, 1.54) is 21.6 Å². The van der Waals surface area contributed by atoms with E-state index in [-0.39, 0.29) is 0 Å². The number of rotatable bonds is 3. The van der Waals surface area contributed by atoms with E-state index in [2.05, 4.69) is 44.2 Å². The highest BCUT2D eigenvalue weighted by Gasteiger charge is 2.13. The van der Waals surface area contributed by atoms with Crippen LogP contribution in [0.5, 0.6) is 5.75 Å². The van der Waals surface area contributed by atoms with Gasteiger partial charge in [-0.05, 0) is 43.2 Å². The minimum atomic E-state index is 0.882. The molecule has 0 bridgehead atoms. The predicted molar refractivity (Wildman–Crippen MR) is 89.0 cm³/mol. The van der Waals surface area contributed by atoms with Gasteiger partial charge in [-0.3, -0.25) is 0 Å². The Morgan fingerprint density at radius 2 is 1.76 bits per heavy atom. The van der Waals surface area contributed by atoms with Crippen molar-refractivity contribution in [3.63, 3.8) is 0 Å². The van der Waals surface area contributed by atoms with Crippen LogP contribution in [-0.4, -0.2) is 12.1 Å². The molecule has 0 fully saturated rings. The zero-order valence-corrected chi connectivity index (χ0v) is 13.2. The molecule has 0 aliphatic carbocycles. The van der Waals surface area contributed by atoms with Gasteiger partial charge in [0.15, 0.2) is 0 Å². The topological polar surface area (TPSA) is 22.1 Å². The smallest absolute Gasteiger partial charge is 0.124 e. The molecular weight excluding hydrogens is 278 g/mol. The third-order valence-electron chi connectivity index (χ3n) is 3.50. The second-order valence-corrected chi connectivity index (χ2v) is 5.98. The number of methoxy groups -OCH3 is 1. The van der Waals surface area contributed by atoms with E-state index in [0.29, 0.717) is 0 Å². The molecule has 1 aromatic heterocycles. The molecule has 0 N–H and O–H groups in total. The van der Waals surface area contributed by atoms with Crippen LogP contribution in [0.4, 0.5) is 0 Å². The quantitative estimate of drug-likeness (QED) is 0.670. The van der Waals surface area contributed by atoms with Gasteiger partial charge in [0.05, 0.1) is 17.7 Å². The molecule has 0 saturated heterocycles. The van der Waals surface area contributed by atoms with E-state index in [9.17, 15) is 0 Å². The molecule has 0 aliphatic rings. The lowest BCUT2D eigenvalue weighted by Gasteiger charge is -2.05. The molecule has 0 amide bonds. The van der Waals surface area contributed by atoms with Crippen LogP contribution >= 0.6 is 11.3 Å². The Morgan fingerprint density at radius 3 is 2.43 bits per heavy atom. The lowest BCUT2D eigenvalue weighted by molar-refractivity contribution is 0.414. The molecule has 106 valence electrons. The number of aromatic nitrogens is 1.